The molecule has 0 unspecified atom stereocenters. The highest BCUT2D eigenvalue weighted by Crippen LogP contribution is 2.21. The van der Waals surface area contributed by atoms with Gasteiger partial charge in [-0.1, -0.05) is 24.3 Å². The second kappa shape index (κ2) is 5.12. The Morgan fingerprint density at radius 2 is 2.06 bits per heavy atom. The molecule has 86 valence electrons. The summed E-state index contributed by atoms with van der Waals surface area (Å²) in [5, 5.41) is 8.62. The fraction of sp³-hybridized carbons (Fsp3) is 0.0769. The summed E-state index contributed by atoms with van der Waals surface area (Å²) in [6.07, 6.45) is 2.74. The van der Waals surface area contributed by atoms with E-state index >= 15 is 0 Å². The van der Waals surface area contributed by atoms with Gasteiger partial charge in [-0.25, -0.2) is 4.79 Å². The minimum absolute atomic E-state index is 0.365. The van der Waals surface area contributed by atoms with Crippen LogP contribution in [-0.2, 0) is 6.42 Å². The molecule has 0 amide bonds. The van der Waals surface area contributed by atoms with E-state index < -0.39 is 6.16 Å². The number of hydrogen-bond donors (Lipinski definition) is 1. The molecule has 2 aromatic rings. The molecule has 0 saturated carbocycles. The van der Waals surface area contributed by atoms with Crippen LogP contribution in [0.3, 0.4) is 0 Å². The molecule has 0 fully saturated rings. The average Bonchev–Trinajstić information content (AvgIpc) is 2.32. The van der Waals surface area contributed by atoms with Crippen LogP contribution < -0.4 is 4.74 Å². The first-order valence-corrected chi connectivity index (χ1v) is 5.13. The van der Waals surface area contributed by atoms with Crippen LogP contribution in [0.15, 0.2) is 48.8 Å². The molecular weight excluding hydrogens is 218 g/mol. The van der Waals surface area contributed by atoms with Gasteiger partial charge in [0.05, 0.1) is 0 Å². The molecule has 4 heteroatoms. The van der Waals surface area contributed by atoms with Gasteiger partial charge >= 0.3 is 6.16 Å². The van der Waals surface area contributed by atoms with Gasteiger partial charge in [0.25, 0.3) is 0 Å². The number of hydrogen-bond acceptors (Lipinski definition) is 3. The molecule has 1 N–H and O–H groups in total. The minimum atomic E-state index is -1.30. The highest BCUT2D eigenvalue weighted by atomic mass is 16.7. The van der Waals surface area contributed by atoms with Gasteiger partial charge in [0.1, 0.15) is 5.75 Å². The van der Waals surface area contributed by atoms with E-state index in [2.05, 4.69) is 4.98 Å². The Labute approximate surface area is 98.5 Å². The van der Waals surface area contributed by atoms with Gasteiger partial charge in [-0.2, -0.15) is 0 Å². The number of ether oxygens (including phenoxy) is 1. The molecule has 17 heavy (non-hydrogen) atoms. The summed E-state index contributed by atoms with van der Waals surface area (Å²) in [6, 6.07) is 10.8. The number of aromatic nitrogens is 1. The average molecular weight is 229 g/mol. The number of rotatable bonds is 3. The summed E-state index contributed by atoms with van der Waals surface area (Å²) >= 11 is 0. The molecule has 0 aliphatic rings. The molecule has 0 aliphatic carbocycles. The predicted octanol–water partition coefficient (Wildman–Crippen LogP) is 2.73. The van der Waals surface area contributed by atoms with Gasteiger partial charge < -0.3 is 9.84 Å². The first-order valence-electron chi connectivity index (χ1n) is 5.13. The second-order valence-electron chi connectivity index (χ2n) is 3.51. The Hall–Kier alpha value is -2.36. The van der Waals surface area contributed by atoms with E-state index in [0.717, 1.165) is 11.1 Å². The van der Waals surface area contributed by atoms with Gasteiger partial charge in [0.15, 0.2) is 0 Å². The van der Waals surface area contributed by atoms with Crippen LogP contribution in [0, 0.1) is 0 Å². The third kappa shape index (κ3) is 3.04. The number of benzene rings is 1. The maximum Gasteiger partial charge on any atom is 0.511 e. The zero-order chi connectivity index (χ0) is 12.1. The van der Waals surface area contributed by atoms with Gasteiger partial charge in [-0.05, 0) is 23.3 Å². The van der Waals surface area contributed by atoms with Crippen LogP contribution in [0.1, 0.15) is 11.1 Å². The van der Waals surface area contributed by atoms with Crippen molar-refractivity contribution in [2.45, 2.75) is 6.42 Å². The molecule has 0 radical (unpaired) electrons. The van der Waals surface area contributed by atoms with E-state index in [9.17, 15) is 4.79 Å². The first kappa shape index (κ1) is 11.1. The normalized spacial score (nSPS) is 9.88. The van der Waals surface area contributed by atoms with Crippen LogP contribution in [0.2, 0.25) is 0 Å². The lowest BCUT2D eigenvalue weighted by molar-refractivity contribution is 0.144. The fourth-order valence-electron chi connectivity index (χ4n) is 1.57. The Balaban J connectivity index is 2.23. The van der Waals surface area contributed by atoms with E-state index in [1.54, 1.807) is 24.5 Å². The molecule has 0 atom stereocenters. The maximum atomic E-state index is 10.5. The lowest BCUT2D eigenvalue weighted by Crippen LogP contribution is -2.05. The summed E-state index contributed by atoms with van der Waals surface area (Å²) < 4.78 is 4.71. The van der Waals surface area contributed by atoms with Crippen molar-refractivity contribution in [3.8, 4) is 5.75 Å². The van der Waals surface area contributed by atoms with Crippen molar-refractivity contribution in [3.63, 3.8) is 0 Å². The van der Waals surface area contributed by atoms with Crippen LogP contribution in [0.4, 0.5) is 4.79 Å². The largest absolute Gasteiger partial charge is 0.511 e. The number of nitrogens with zero attached hydrogens (tertiary/aromatic N) is 1. The Morgan fingerprint density at radius 1 is 1.24 bits per heavy atom. The van der Waals surface area contributed by atoms with Crippen LogP contribution in [-0.4, -0.2) is 16.2 Å². The zero-order valence-electron chi connectivity index (χ0n) is 9.04. The van der Waals surface area contributed by atoms with Crippen molar-refractivity contribution < 1.29 is 14.6 Å². The van der Waals surface area contributed by atoms with Crippen molar-refractivity contribution >= 4 is 6.16 Å². The van der Waals surface area contributed by atoms with Crippen molar-refractivity contribution in [1.82, 2.24) is 4.98 Å². The van der Waals surface area contributed by atoms with Gasteiger partial charge in [0, 0.05) is 18.8 Å². The quantitative estimate of drug-likeness (QED) is 0.649. The van der Waals surface area contributed by atoms with E-state index in [4.69, 9.17) is 9.84 Å². The third-order valence-corrected chi connectivity index (χ3v) is 2.29. The smallest absolute Gasteiger partial charge is 0.449 e. The minimum Gasteiger partial charge on any atom is -0.449 e. The summed E-state index contributed by atoms with van der Waals surface area (Å²) in [7, 11) is 0. The molecule has 2 rings (SSSR count). The summed E-state index contributed by atoms with van der Waals surface area (Å²) in [5.74, 6) is 0.365. The Morgan fingerprint density at radius 3 is 2.76 bits per heavy atom. The van der Waals surface area contributed by atoms with Gasteiger partial charge in [-0.3, -0.25) is 4.98 Å². The molecule has 0 spiro atoms. The second-order valence-corrected chi connectivity index (χ2v) is 3.51. The van der Waals surface area contributed by atoms with E-state index in [1.807, 2.05) is 24.3 Å². The lowest BCUT2D eigenvalue weighted by atomic mass is 10.1. The van der Waals surface area contributed by atoms with Crippen molar-refractivity contribution in [2.75, 3.05) is 0 Å². The fourth-order valence-corrected chi connectivity index (χ4v) is 1.57. The number of pyridine rings is 1. The molecular formula is C13H11NO3. The first-order chi connectivity index (χ1) is 8.25. The SMILES string of the molecule is O=C(O)Oc1ccccc1Cc1cccnc1. The van der Waals surface area contributed by atoms with E-state index in [-0.39, 0.29) is 0 Å². The Kier molecular flexibility index (Phi) is 3.35. The predicted molar refractivity (Wildman–Crippen MR) is 62.1 cm³/mol. The maximum absolute atomic E-state index is 10.5. The highest BCUT2D eigenvalue weighted by Gasteiger charge is 2.07. The molecule has 4 nitrogen and oxygen atoms in total. The van der Waals surface area contributed by atoms with E-state index in [0.29, 0.717) is 12.2 Å². The topological polar surface area (TPSA) is 59.4 Å². The molecule has 1 heterocycles. The molecule has 1 aromatic heterocycles. The van der Waals surface area contributed by atoms with Gasteiger partial charge in [-0.15, -0.1) is 0 Å². The standard InChI is InChI=1S/C13H11NO3/c15-13(16)17-12-6-2-1-5-11(12)8-10-4-3-7-14-9-10/h1-7,9H,8H2,(H,15,16). The molecule has 0 bridgehead atoms. The van der Waals surface area contributed by atoms with Crippen molar-refractivity contribution in [3.05, 3.63) is 59.9 Å². The van der Waals surface area contributed by atoms with Crippen LogP contribution >= 0.6 is 0 Å². The molecule has 0 aliphatic heterocycles. The summed E-state index contributed by atoms with van der Waals surface area (Å²) in [6.45, 7) is 0. The van der Waals surface area contributed by atoms with Crippen molar-refractivity contribution in [2.24, 2.45) is 0 Å². The zero-order valence-corrected chi connectivity index (χ0v) is 9.04. The van der Waals surface area contributed by atoms with Crippen molar-refractivity contribution in [1.29, 1.82) is 0 Å². The highest BCUT2D eigenvalue weighted by molar-refractivity contribution is 5.62. The number of para-hydroxylation sites is 1. The van der Waals surface area contributed by atoms with Crippen LogP contribution in [0.25, 0.3) is 0 Å². The van der Waals surface area contributed by atoms with Crippen LogP contribution in [0.5, 0.6) is 5.75 Å². The number of carboxylic acid groups (broad SMARTS) is 1. The lowest BCUT2D eigenvalue weighted by Gasteiger charge is -2.07. The monoisotopic (exact) mass is 229 g/mol. The molecule has 0 saturated heterocycles. The third-order valence-electron chi connectivity index (χ3n) is 2.29. The Bertz CT molecular complexity index is 511. The number of carbonyl (C=O) groups is 1. The molecule has 1 aromatic carbocycles. The van der Waals surface area contributed by atoms with Gasteiger partial charge in [0.2, 0.25) is 0 Å². The summed E-state index contributed by atoms with van der Waals surface area (Å²) in [4.78, 5) is 14.6. The summed E-state index contributed by atoms with van der Waals surface area (Å²) in [5.41, 5.74) is 1.83. The van der Waals surface area contributed by atoms with E-state index in [1.165, 1.54) is 0 Å².